The Kier molecular flexibility index (Phi) is 14.9. The Labute approximate surface area is 295 Å². The van der Waals surface area contributed by atoms with Gasteiger partial charge in [-0.3, -0.25) is 19.2 Å². The van der Waals surface area contributed by atoms with Crippen molar-refractivity contribution < 1.29 is 28.2 Å². The smallest absolute Gasteiger partial charge is 0.311 e. The maximum Gasteiger partial charge on any atom is 0.311 e. The number of fused-ring (bicyclic) bond motifs is 2. The summed E-state index contributed by atoms with van der Waals surface area (Å²) in [7, 11) is 3.31. The van der Waals surface area contributed by atoms with Crippen molar-refractivity contribution in [1.82, 2.24) is 9.47 Å². The zero-order valence-corrected chi connectivity index (χ0v) is 30.4. The molecule has 0 bridgehead atoms. The lowest BCUT2D eigenvalue weighted by Crippen LogP contribution is -2.60. The number of rotatable bonds is 21. The van der Waals surface area contributed by atoms with Gasteiger partial charge in [0.15, 0.2) is 11.5 Å². The van der Waals surface area contributed by atoms with Crippen LogP contribution in [0.3, 0.4) is 0 Å². The molecule has 270 valence electrons. The number of ketones is 1. The second kappa shape index (κ2) is 18.8. The van der Waals surface area contributed by atoms with Crippen molar-refractivity contribution in [2.24, 2.45) is 5.92 Å². The Hall–Kier alpha value is -3.04. The van der Waals surface area contributed by atoms with Crippen LogP contribution in [0.4, 0.5) is 4.39 Å². The number of hydrogen-bond donors (Lipinski definition) is 0. The normalized spacial score (nSPS) is 18.4. The Morgan fingerprint density at radius 3 is 2.16 bits per heavy atom. The van der Waals surface area contributed by atoms with Crippen LogP contribution in [-0.4, -0.2) is 54.4 Å². The van der Waals surface area contributed by atoms with Gasteiger partial charge in [0.25, 0.3) is 5.91 Å². The van der Waals surface area contributed by atoms with E-state index in [0.717, 1.165) is 19.3 Å². The summed E-state index contributed by atoms with van der Waals surface area (Å²) < 4.78 is 27.3. The van der Waals surface area contributed by atoms with Crippen molar-refractivity contribution in [2.45, 2.75) is 128 Å². The predicted octanol–water partition coefficient (Wildman–Crippen LogP) is 8.68. The number of esters is 1. The number of nitrogens with zero attached hydrogens (tertiary/aromatic N) is 2. The van der Waals surface area contributed by atoms with Crippen LogP contribution in [0.2, 0.25) is 5.02 Å². The SMILES string of the molecule is CCCCCCCCCCCCCCCC(=O)Oc1c2n(cc(C(=O)CCc3cccc(Cl)c3F)c1=O)C1(CC(COC)C1)CN(C)C2=O. The lowest BCUT2D eigenvalue weighted by atomic mass is 9.67. The van der Waals surface area contributed by atoms with Gasteiger partial charge < -0.3 is 18.9 Å². The van der Waals surface area contributed by atoms with Crippen molar-refractivity contribution in [3.05, 3.63) is 62.3 Å². The summed E-state index contributed by atoms with van der Waals surface area (Å²) in [5.74, 6) is -2.33. The highest BCUT2D eigenvalue weighted by Gasteiger charge is 2.52. The van der Waals surface area contributed by atoms with E-state index in [1.165, 1.54) is 70.1 Å². The largest absolute Gasteiger partial charge is 0.420 e. The lowest BCUT2D eigenvalue weighted by Gasteiger charge is -2.54. The van der Waals surface area contributed by atoms with E-state index in [2.05, 4.69) is 6.92 Å². The molecule has 1 aromatic carbocycles. The van der Waals surface area contributed by atoms with Gasteiger partial charge in [-0.25, -0.2) is 4.39 Å². The number of Topliss-reactive ketones (excluding diaryl/α,β-unsaturated/α-hetero) is 1. The second-order valence-corrected chi connectivity index (χ2v) is 14.5. The molecular formula is C39H54ClFN2O6. The third-order valence-corrected chi connectivity index (χ3v) is 10.4. The number of methoxy groups -OCH3 is 1. The van der Waals surface area contributed by atoms with Crippen LogP contribution in [0.5, 0.6) is 5.75 Å². The standard InChI is InChI=1S/C39H54ClFN2O6/c1-4-5-6-7-8-9-10-11-12-13-14-15-16-20-33(45)49-37-35-38(47)42(2)27-39(23-28(24-39)26-48-3)43(35)25-30(36(37)46)32(44)22-21-29-18-17-19-31(40)34(29)41/h17-19,25,28H,4-16,20-24,26-27H2,1-3H3. The lowest BCUT2D eigenvalue weighted by molar-refractivity contribution is -0.134. The van der Waals surface area contributed by atoms with E-state index in [4.69, 9.17) is 21.1 Å². The number of carbonyl (C=O) groups excluding carboxylic acids is 3. The minimum absolute atomic E-state index is 0.00855. The quantitative estimate of drug-likeness (QED) is 0.0735. The number of hydrogen-bond acceptors (Lipinski definition) is 6. The number of pyridine rings is 1. The van der Waals surface area contributed by atoms with Crippen LogP contribution in [0.15, 0.2) is 29.2 Å². The Morgan fingerprint density at radius 1 is 0.939 bits per heavy atom. The van der Waals surface area contributed by atoms with E-state index in [-0.39, 0.29) is 47.0 Å². The number of aryl methyl sites for hydroxylation is 1. The molecule has 0 saturated heterocycles. The van der Waals surface area contributed by atoms with E-state index in [9.17, 15) is 23.6 Å². The van der Waals surface area contributed by atoms with Crippen LogP contribution in [-0.2, 0) is 21.5 Å². The third kappa shape index (κ3) is 10.0. The minimum atomic E-state index is -0.798. The van der Waals surface area contributed by atoms with Crippen LogP contribution >= 0.6 is 11.6 Å². The monoisotopic (exact) mass is 700 g/mol. The average molecular weight is 701 g/mol. The molecule has 1 spiro atoms. The van der Waals surface area contributed by atoms with E-state index >= 15 is 0 Å². The van der Waals surface area contributed by atoms with E-state index < -0.39 is 40.2 Å². The maximum atomic E-state index is 14.6. The maximum absolute atomic E-state index is 14.6. The average Bonchev–Trinajstić information content (AvgIpc) is 3.06. The molecule has 0 unspecified atom stereocenters. The van der Waals surface area contributed by atoms with Crippen molar-refractivity contribution in [3.8, 4) is 5.75 Å². The predicted molar refractivity (Wildman–Crippen MR) is 190 cm³/mol. The van der Waals surface area contributed by atoms with E-state index in [1.807, 2.05) is 0 Å². The number of amides is 1. The summed E-state index contributed by atoms with van der Waals surface area (Å²) in [5.41, 5.74) is -1.29. The zero-order valence-electron chi connectivity index (χ0n) is 29.6. The number of likely N-dealkylation sites (N-methyl/N-ethyl adjacent to an activating group) is 1. The molecule has 1 amide bonds. The van der Waals surface area contributed by atoms with Gasteiger partial charge in [-0.05, 0) is 43.2 Å². The molecule has 8 nitrogen and oxygen atoms in total. The molecule has 4 rings (SSSR count). The number of benzene rings is 1. The number of ether oxygens (including phenoxy) is 2. The zero-order chi connectivity index (χ0) is 35.4. The molecule has 1 aliphatic heterocycles. The summed E-state index contributed by atoms with van der Waals surface area (Å²) in [6.45, 7) is 3.17. The van der Waals surface area contributed by atoms with Crippen LogP contribution < -0.4 is 10.2 Å². The summed E-state index contributed by atoms with van der Waals surface area (Å²) >= 11 is 5.93. The summed E-state index contributed by atoms with van der Waals surface area (Å²) in [4.78, 5) is 55.7. The van der Waals surface area contributed by atoms with E-state index in [0.29, 0.717) is 32.4 Å². The van der Waals surface area contributed by atoms with Gasteiger partial charge in [0, 0.05) is 46.3 Å². The number of carbonyl (C=O) groups is 3. The summed E-state index contributed by atoms with van der Waals surface area (Å²) in [5, 5.41) is -0.0448. The first-order valence-corrected chi connectivity index (χ1v) is 18.7. The fourth-order valence-electron chi connectivity index (χ4n) is 7.50. The molecule has 1 aliphatic carbocycles. The second-order valence-electron chi connectivity index (χ2n) is 14.1. The molecule has 2 heterocycles. The molecule has 10 heteroatoms. The highest BCUT2D eigenvalue weighted by atomic mass is 35.5. The highest BCUT2D eigenvalue weighted by molar-refractivity contribution is 6.30. The van der Waals surface area contributed by atoms with Crippen LogP contribution in [0.25, 0.3) is 0 Å². The van der Waals surface area contributed by atoms with Gasteiger partial charge in [-0.1, -0.05) is 108 Å². The first-order valence-electron chi connectivity index (χ1n) is 18.3. The molecule has 1 fully saturated rings. The Balaban J connectivity index is 1.43. The highest BCUT2D eigenvalue weighted by Crippen LogP contribution is 2.48. The summed E-state index contributed by atoms with van der Waals surface area (Å²) in [6, 6.07) is 4.58. The third-order valence-electron chi connectivity index (χ3n) is 10.2. The molecular weight excluding hydrogens is 647 g/mol. The number of unbranched alkanes of at least 4 members (excludes halogenated alkanes) is 12. The molecule has 2 aromatic rings. The minimum Gasteiger partial charge on any atom is -0.420 e. The van der Waals surface area contributed by atoms with Crippen LogP contribution in [0, 0.1) is 11.7 Å². The molecule has 0 radical (unpaired) electrons. The Morgan fingerprint density at radius 2 is 1.55 bits per heavy atom. The van der Waals surface area contributed by atoms with Crippen molar-refractivity contribution in [2.75, 3.05) is 27.3 Å². The molecule has 1 aromatic heterocycles. The van der Waals surface area contributed by atoms with Crippen LogP contribution in [0.1, 0.15) is 142 Å². The van der Waals surface area contributed by atoms with Gasteiger partial charge in [-0.2, -0.15) is 0 Å². The molecule has 1 saturated carbocycles. The first kappa shape index (κ1) is 38.8. The topological polar surface area (TPSA) is 94.9 Å². The fraction of sp³-hybridized carbons (Fsp3) is 0.641. The molecule has 0 atom stereocenters. The number of aromatic nitrogens is 1. The Bertz CT molecular complexity index is 1500. The fourth-order valence-corrected chi connectivity index (χ4v) is 7.69. The van der Waals surface area contributed by atoms with E-state index in [1.54, 1.807) is 35.8 Å². The van der Waals surface area contributed by atoms with Gasteiger partial charge in [0.05, 0.1) is 16.1 Å². The van der Waals surface area contributed by atoms with Crippen molar-refractivity contribution in [3.63, 3.8) is 0 Å². The van der Waals surface area contributed by atoms with Crippen molar-refractivity contribution in [1.29, 1.82) is 0 Å². The van der Waals surface area contributed by atoms with Gasteiger partial charge in [-0.15, -0.1) is 0 Å². The first-order chi connectivity index (χ1) is 23.6. The molecule has 0 N–H and O–H groups in total. The number of halogens is 2. The van der Waals surface area contributed by atoms with Gasteiger partial charge in [0.2, 0.25) is 11.2 Å². The van der Waals surface area contributed by atoms with Gasteiger partial charge in [0.1, 0.15) is 5.82 Å². The van der Waals surface area contributed by atoms with Gasteiger partial charge >= 0.3 is 5.97 Å². The van der Waals surface area contributed by atoms with Crippen molar-refractivity contribution >= 4 is 29.3 Å². The summed E-state index contributed by atoms with van der Waals surface area (Å²) in [6.07, 6.45) is 18.0. The molecule has 2 aliphatic rings. The molecule has 49 heavy (non-hydrogen) atoms.